The Morgan fingerprint density at radius 2 is 2.11 bits per heavy atom. The zero-order chi connectivity index (χ0) is 13.4. The first-order valence-corrected chi connectivity index (χ1v) is 7.03. The molecule has 2 unspecified atom stereocenters. The van der Waals surface area contributed by atoms with Crippen molar-refractivity contribution in [2.24, 2.45) is 0 Å². The maximum Gasteiger partial charge on any atom is 0.257 e. The largest absolute Gasteiger partial charge is 0.331 e. The molecule has 1 N–H and O–H groups in total. The molecule has 2 aliphatic heterocycles. The maximum absolute atomic E-state index is 13.8. The standard InChI is InChI=1S/C14H16ClFN2O/c15-9-1-4-13(16)12(7-9)14(19)18-10-2-3-11(18)8-17-6-5-10/h1,4,7,10-11,17H,2-3,5-6,8H2. The van der Waals surface area contributed by atoms with Gasteiger partial charge in [-0.2, -0.15) is 0 Å². The van der Waals surface area contributed by atoms with Crippen LogP contribution in [-0.2, 0) is 0 Å². The first kappa shape index (κ1) is 12.9. The predicted molar refractivity (Wildman–Crippen MR) is 71.9 cm³/mol. The van der Waals surface area contributed by atoms with Crippen molar-refractivity contribution in [1.29, 1.82) is 0 Å². The van der Waals surface area contributed by atoms with Crippen LogP contribution in [0.4, 0.5) is 4.39 Å². The highest BCUT2D eigenvalue weighted by Gasteiger charge is 2.39. The van der Waals surface area contributed by atoms with Gasteiger partial charge in [-0.1, -0.05) is 11.6 Å². The van der Waals surface area contributed by atoms with E-state index in [1.54, 1.807) is 0 Å². The van der Waals surface area contributed by atoms with Crippen LogP contribution in [0.5, 0.6) is 0 Å². The molecule has 3 rings (SSSR count). The normalized spacial score (nSPS) is 26.3. The SMILES string of the molecule is O=C(c1cc(Cl)ccc1F)N1C2CCNCC1CC2. The van der Waals surface area contributed by atoms with Gasteiger partial charge in [-0.15, -0.1) is 0 Å². The minimum Gasteiger partial charge on any atom is -0.331 e. The van der Waals surface area contributed by atoms with Gasteiger partial charge in [0, 0.05) is 23.7 Å². The van der Waals surface area contributed by atoms with Crippen LogP contribution in [0.15, 0.2) is 18.2 Å². The van der Waals surface area contributed by atoms with E-state index in [1.165, 1.54) is 18.2 Å². The summed E-state index contributed by atoms with van der Waals surface area (Å²) < 4.78 is 13.8. The molecule has 2 aliphatic rings. The molecule has 102 valence electrons. The van der Waals surface area contributed by atoms with Crippen molar-refractivity contribution in [2.75, 3.05) is 13.1 Å². The lowest BCUT2D eigenvalue weighted by Gasteiger charge is -2.28. The Morgan fingerprint density at radius 3 is 2.95 bits per heavy atom. The van der Waals surface area contributed by atoms with Gasteiger partial charge in [-0.3, -0.25) is 4.79 Å². The summed E-state index contributed by atoms with van der Waals surface area (Å²) in [4.78, 5) is 14.4. The number of nitrogens with one attached hydrogen (secondary N) is 1. The molecular weight excluding hydrogens is 267 g/mol. The van der Waals surface area contributed by atoms with Gasteiger partial charge in [0.15, 0.2) is 0 Å². The predicted octanol–water partition coefficient (Wildman–Crippen LogP) is 2.45. The zero-order valence-electron chi connectivity index (χ0n) is 10.5. The van der Waals surface area contributed by atoms with Crippen molar-refractivity contribution in [3.8, 4) is 0 Å². The molecule has 0 aliphatic carbocycles. The smallest absolute Gasteiger partial charge is 0.257 e. The molecule has 5 heteroatoms. The summed E-state index contributed by atoms with van der Waals surface area (Å²) in [6.45, 7) is 1.72. The van der Waals surface area contributed by atoms with Crippen molar-refractivity contribution >= 4 is 17.5 Å². The second-order valence-electron chi connectivity index (χ2n) is 5.21. The highest BCUT2D eigenvalue weighted by Crippen LogP contribution is 2.30. The van der Waals surface area contributed by atoms with Crippen LogP contribution in [0.2, 0.25) is 5.02 Å². The molecule has 0 saturated carbocycles. The van der Waals surface area contributed by atoms with E-state index in [9.17, 15) is 9.18 Å². The van der Waals surface area contributed by atoms with Crippen LogP contribution in [-0.4, -0.2) is 36.0 Å². The summed E-state index contributed by atoms with van der Waals surface area (Å²) in [6.07, 6.45) is 2.94. The molecule has 2 bridgehead atoms. The Hall–Kier alpha value is -1.13. The van der Waals surface area contributed by atoms with Gasteiger partial charge in [-0.25, -0.2) is 4.39 Å². The lowest BCUT2D eigenvalue weighted by Crippen LogP contribution is -2.42. The summed E-state index contributed by atoms with van der Waals surface area (Å²) in [5.41, 5.74) is 0.0892. The summed E-state index contributed by atoms with van der Waals surface area (Å²) in [5.74, 6) is -0.720. The van der Waals surface area contributed by atoms with E-state index < -0.39 is 5.82 Å². The molecule has 2 saturated heterocycles. The number of rotatable bonds is 1. The van der Waals surface area contributed by atoms with Gasteiger partial charge < -0.3 is 10.2 Å². The van der Waals surface area contributed by atoms with E-state index in [2.05, 4.69) is 5.32 Å². The molecule has 1 aromatic carbocycles. The van der Waals surface area contributed by atoms with Crippen LogP contribution in [0.3, 0.4) is 0 Å². The van der Waals surface area contributed by atoms with Crippen molar-refractivity contribution in [2.45, 2.75) is 31.3 Å². The molecule has 1 amide bonds. The highest BCUT2D eigenvalue weighted by molar-refractivity contribution is 6.31. The van der Waals surface area contributed by atoms with E-state index in [4.69, 9.17) is 11.6 Å². The van der Waals surface area contributed by atoms with Crippen LogP contribution in [0.1, 0.15) is 29.6 Å². The monoisotopic (exact) mass is 282 g/mol. The molecule has 2 heterocycles. The fourth-order valence-electron chi connectivity index (χ4n) is 3.11. The number of carbonyl (C=O) groups is 1. The van der Waals surface area contributed by atoms with Crippen molar-refractivity contribution in [3.63, 3.8) is 0 Å². The van der Waals surface area contributed by atoms with E-state index in [0.717, 1.165) is 32.4 Å². The minimum atomic E-state index is -0.494. The van der Waals surface area contributed by atoms with E-state index in [1.807, 2.05) is 4.90 Å². The molecule has 0 radical (unpaired) electrons. The highest BCUT2D eigenvalue weighted by atomic mass is 35.5. The molecule has 0 aromatic heterocycles. The number of hydrogen-bond acceptors (Lipinski definition) is 2. The molecule has 3 nitrogen and oxygen atoms in total. The Bertz CT molecular complexity index is 494. The average molecular weight is 283 g/mol. The first-order chi connectivity index (χ1) is 9.16. The molecule has 0 spiro atoms. The van der Waals surface area contributed by atoms with Crippen LogP contribution >= 0.6 is 11.6 Å². The summed E-state index contributed by atoms with van der Waals surface area (Å²) in [6, 6.07) is 4.56. The first-order valence-electron chi connectivity index (χ1n) is 6.65. The van der Waals surface area contributed by atoms with Gasteiger partial charge >= 0.3 is 0 Å². The summed E-state index contributed by atoms with van der Waals surface area (Å²) >= 11 is 5.87. The summed E-state index contributed by atoms with van der Waals surface area (Å²) in [7, 11) is 0. The second-order valence-corrected chi connectivity index (χ2v) is 5.65. The average Bonchev–Trinajstić information content (AvgIpc) is 2.65. The van der Waals surface area contributed by atoms with Crippen molar-refractivity contribution in [3.05, 3.63) is 34.6 Å². The molecule has 19 heavy (non-hydrogen) atoms. The van der Waals surface area contributed by atoms with Crippen molar-refractivity contribution in [1.82, 2.24) is 10.2 Å². The lowest BCUT2D eigenvalue weighted by atomic mass is 10.1. The minimum absolute atomic E-state index is 0.0892. The van der Waals surface area contributed by atoms with Gasteiger partial charge in [0.25, 0.3) is 5.91 Å². The van der Waals surface area contributed by atoms with Gasteiger partial charge in [0.2, 0.25) is 0 Å². The third-order valence-electron chi connectivity index (χ3n) is 4.05. The number of benzene rings is 1. The fraction of sp³-hybridized carbons (Fsp3) is 0.500. The third-order valence-corrected chi connectivity index (χ3v) is 4.28. The van der Waals surface area contributed by atoms with Crippen LogP contribution < -0.4 is 5.32 Å². The van der Waals surface area contributed by atoms with Crippen molar-refractivity contribution < 1.29 is 9.18 Å². The number of amides is 1. The summed E-state index contributed by atoms with van der Waals surface area (Å²) in [5, 5.41) is 3.72. The van der Waals surface area contributed by atoms with Crippen LogP contribution in [0, 0.1) is 5.82 Å². The van der Waals surface area contributed by atoms with Gasteiger partial charge in [-0.05, 0) is 44.0 Å². The molecular formula is C14H16ClFN2O. The Balaban J connectivity index is 1.93. The Morgan fingerprint density at radius 1 is 1.32 bits per heavy atom. The Kier molecular flexibility index (Phi) is 3.46. The maximum atomic E-state index is 13.8. The topological polar surface area (TPSA) is 32.3 Å². The number of hydrogen-bond donors (Lipinski definition) is 1. The Labute approximate surface area is 116 Å². The van der Waals surface area contributed by atoms with Gasteiger partial charge in [0.1, 0.15) is 5.82 Å². The van der Waals surface area contributed by atoms with E-state index in [0.29, 0.717) is 5.02 Å². The third kappa shape index (κ3) is 2.35. The quantitative estimate of drug-likeness (QED) is 0.858. The number of fused-ring (bicyclic) bond motifs is 2. The molecule has 2 fully saturated rings. The molecule has 2 atom stereocenters. The fourth-order valence-corrected chi connectivity index (χ4v) is 3.29. The number of halogens is 2. The number of nitrogens with zero attached hydrogens (tertiary/aromatic N) is 1. The van der Waals surface area contributed by atoms with E-state index in [-0.39, 0.29) is 23.6 Å². The van der Waals surface area contributed by atoms with Crippen LogP contribution in [0.25, 0.3) is 0 Å². The number of carbonyl (C=O) groups excluding carboxylic acids is 1. The lowest BCUT2D eigenvalue weighted by molar-refractivity contribution is 0.0675. The second kappa shape index (κ2) is 5.10. The van der Waals surface area contributed by atoms with E-state index >= 15 is 0 Å². The zero-order valence-corrected chi connectivity index (χ0v) is 11.3. The molecule has 1 aromatic rings. The van der Waals surface area contributed by atoms with Gasteiger partial charge in [0.05, 0.1) is 5.56 Å².